The summed E-state index contributed by atoms with van der Waals surface area (Å²) >= 11 is 0. The summed E-state index contributed by atoms with van der Waals surface area (Å²) in [6.07, 6.45) is 2.25. The number of hydrogen-bond donors (Lipinski definition) is 0. The highest BCUT2D eigenvalue weighted by atomic mass is 16.6. The highest BCUT2D eigenvalue weighted by Crippen LogP contribution is 2.47. The lowest BCUT2D eigenvalue weighted by molar-refractivity contribution is -0.156. The van der Waals surface area contributed by atoms with Crippen molar-refractivity contribution in [1.29, 1.82) is 0 Å². The van der Waals surface area contributed by atoms with E-state index in [9.17, 15) is 9.59 Å². The zero-order valence-corrected chi connectivity index (χ0v) is 14.3. The highest BCUT2D eigenvalue weighted by molar-refractivity contribution is 5.95. The first-order chi connectivity index (χ1) is 12.1. The van der Waals surface area contributed by atoms with Crippen LogP contribution in [0.2, 0.25) is 0 Å². The Morgan fingerprint density at radius 1 is 1.08 bits per heavy atom. The Hall–Kier alpha value is -2.88. The largest absolute Gasteiger partial charge is 0.463 e. The number of carbonyl (C=O) groups is 2. The van der Waals surface area contributed by atoms with Gasteiger partial charge in [0.2, 0.25) is 5.76 Å². The normalized spacial score (nSPS) is 22.7. The number of carbonyl (C=O) groups excluding carboxylic acids is 2. The lowest BCUT2D eigenvalue weighted by Crippen LogP contribution is -2.45. The molecule has 0 amide bonds. The van der Waals surface area contributed by atoms with Gasteiger partial charge in [-0.3, -0.25) is 4.79 Å². The molecule has 0 aromatic heterocycles. The molecular weight excluding hydrogens is 316 g/mol. The molecule has 0 bridgehead atoms. The van der Waals surface area contributed by atoms with Crippen LogP contribution in [0.1, 0.15) is 30.4 Å². The van der Waals surface area contributed by atoms with Crippen molar-refractivity contribution in [2.45, 2.75) is 24.7 Å². The van der Waals surface area contributed by atoms with Gasteiger partial charge in [-0.1, -0.05) is 67.6 Å². The Morgan fingerprint density at radius 3 is 2.24 bits per heavy atom. The van der Waals surface area contributed by atoms with Crippen molar-refractivity contribution >= 4 is 11.9 Å². The van der Waals surface area contributed by atoms with Crippen LogP contribution in [0.15, 0.2) is 72.5 Å². The van der Waals surface area contributed by atoms with Gasteiger partial charge in [0.1, 0.15) is 5.41 Å². The quantitative estimate of drug-likeness (QED) is 0.798. The molecular formula is C21H20O4. The Bertz CT molecular complexity index is 795. The van der Waals surface area contributed by atoms with Gasteiger partial charge in [0.15, 0.2) is 0 Å². The monoisotopic (exact) mass is 336 g/mol. The summed E-state index contributed by atoms with van der Waals surface area (Å²) in [6, 6.07) is 19.3. The molecule has 4 nitrogen and oxygen atoms in total. The molecule has 2 aromatic rings. The van der Waals surface area contributed by atoms with E-state index in [1.54, 1.807) is 6.08 Å². The molecule has 0 radical (unpaired) electrons. The maximum atomic E-state index is 13.1. The van der Waals surface area contributed by atoms with Crippen LogP contribution in [0.4, 0.5) is 0 Å². The van der Waals surface area contributed by atoms with E-state index in [1.807, 2.05) is 67.6 Å². The predicted octanol–water partition coefficient (Wildman–Crippen LogP) is 3.73. The fourth-order valence-electron chi connectivity index (χ4n) is 3.50. The molecule has 1 heterocycles. The first kappa shape index (κ1) is 17.0. The molecule has 1 aliphatic rings. The summed E-state index contributed by atoms with van der Waals surface area (Å²) in [4.78, 5) is 25.0. The van der Waals surface area contributed by atoms with Gasteiger partial charge < -0.3 is 9.47 Å². The average Bonchev–Trinajstić information content (AvgIpc) is 2.68. The highest BCUT2D eigenvalue weighted by Gasteiger charge is 2.51. The first-order valence-electron chi connectivity index (χ1n) is 8.26. The zero-order valence-electron chi connectivity index (χ0n) is 14.3. The van der Waals surface area contributed by atoms with Gasteiger partial charge in [-0.25, -0.2) is 4.79 Å². The zero-order chi connectivity index (χ0) is 17.9. The van der Waals surface area contributed by atoms with Crippen LogP contribution in [-0.2, 0) is 24.5 Å². The van der Waals surface area contributed by atoms with Gasteiger partial charge in [-0.05, 0) is 23.6 Å². The topological polar surface area (TPSA) is 52.6 Å². The Morgan fingerprint density at radius 2 is 1.68 bits per heavy atom. The number of rotatable bonds is 4. The summed E-state index contributed by atoms with van der Waals surface area (Å²) < 4.78 is 10.1. The lowest BCUT2D eigenvalue weighted by Gasteiger charge is -2.40. The number of hydrogen-bond acceptors (Lipinski definition) is 4. The summed E-state index contributed by atoms with van der Waals surface area (Å²) in [5, 5.41) is 0. The van der Waals surface area contributed by atoms with Crippen molar-refractivity contribution in [3.05, 3.63) is 83.6 Å². The standard InChI is InChI=1S/C21H20O4/c1-3-21(16-12-8-5-9-13-16)17(15-10-6-4-7-11-15)14-18(19(22)24-2)25-20(21)23/h4-14,17H,3H2,1-2H3/t17-,21+/m0/s1. The van der Waals surface area contributed by atoms with Crippen molar-refractivity contribution < 1.29 is 19.1 Å². The van der Waals surface area contributed by atoms with Crippen LogP contribution < -0.4 is 0 Å². The molecule has 128 valence electrons. The third kappa shape index (κ3) is 2.84. The molecule has 1 aliphatic heterocycles. The number of ether oxygens (including phenoxy) is 2. The molecule has 4 heteroatoms. The summed E-state index contributed by atoms with van der Waals surface area (Å²) in [5.74, 6) is -1.46. The van der Waals surface area contributed by atoms with Gasteiger partial charge in [0.05, 0.1) is 7.11 Å². The number of esters is 2. The van der Waals surface area contributed by atoms with Crippen LogP contribution in [-0.4, -0.2) is 19.0 Å². The molecule has 0 spiro atoms. The van der Waals surface area contributed by atoms with Gasteiger partial charge >= 0.3 is 11.9 Å². The Labute approximate surface area is 147 Å². The third-order valence-electron chi connectivity index (χ3n) is 4.81. The van der Waals surface area contributed by atoms with Crippen LogP contribution in [0.25, 0.3) is 0 Å². The Balaban J connectivity index is 2.23. The molecule has 25 heavy (non-hydrogen) atoms. The average molecular weight is 336 g/mol. The van der Waals surface area contributed by atoms with E-state index in [2.05, 4.69) is 0 Å². The van der Waals surface area contributed by atoms with Crippen molar-refractivity contribution in [3.63, 3.8) is 0 Å². The SMILES string of the molecule is CC[C@]1(c2ccccc2)C(=O)OC(C(=O)OC)=C[C@H]1c1ccccc1. The fraction of sp³-hybridized carbons (Fsp3) is 0.238. The fourth-order valence-corrected chi connectivity index (χ4v) is 3.50. The second kappa shape index (κ2) is 6.93. The van der Waals surface area contributed by atoms with Gasteiger partial charge in [-0.15, -0.1) is 0 Å². The molecule has 0 saturated heterocycles. The Kier molecular flexibility index (Phi) is 4.70. The van der Waals surface area contributed by atoms with E-state index in [1.165, 1.54) is 7.11 Å². The van der Waals surface area contributed by atoms with Gasteiger partial charge in [0.25, 0.3) is 0 Å². The van der Waals surface area contributed by atoms with E-state index in [4.69, 9.17) is 9.47 Å². The van der Waals surface area contributed by atoms with E-state index in [-0.39, 0.29) is 11.7 Å². The molecule has 0 fully saturated rings. The molecule has 3 rings (SSSR count). The van der Waals surface area contributed by atoms with E-state index >= 15 is 0 Å². The van der Waals surface area contributed by atoms with E-state index < -0.39 is 17.4 Å². The van der Waals surface area contributed by atoms with Crippen LogP contribution in [0, 0.1) is 0 Å². The number of methoxy groups -OCH3 is 1. The molecule has 2 aromatic carbocycles. The predicted molar refractivity (Wildman–Crippen MR) is 93.8 cm³/mol. The van der Waals surface area contributed by atoms with Gasteiger partial charge in [0, 0.05) is 5.92 Å². The maximum Gasteiger partial charge on any atom is 0.373 e. The minimum Gasteiger partial charge on any atom is -0.463 e. The summed E-state index contributed by atoms with van der Waals surface area (Å²) in [6.45, 7) is 1.96. The number of allylic oxidation sites excluding steroid dienone is 1. The molecule has 0 N–H and O–H groups in total. The van der Waals surface area contributed by atoms with E-state index in [0.717, 1.165) is 11.1 Å². The minimum absolute atomic E-state index is 0.0543. The maximum absolute atomic E-state index is 13.1. The number of benzene rings is 2. The van der Waals surface area contributed by atoms with Gasteiger partial charge in [-0.2, -0.15) is 0 Å². The minimum atomic E-state index is -0.889. The van der Waals surface area contributed by atoms with Crippen LogP contribution >= 0.6 is 0 Å². The van der Waals surface area contributed by atoms with Crippen LogP contribution in [0.3, 0.4) is 0 Å². The van der Waals surface area contributed by atoms with Crippen molar-refractivity contribution in [2.75, 3.05) is 7.11 Å². The second-order valence-electron chi connectivity index (χ2n) is 5.99. The first-order valence-corrected chi connectivity index (χ1v) is 8.26. The third-order valence-corrected chi connectivity index (χ3v) is 4.81. The molecule has 0 aliphatic carbocycles. The second-order valence-corrected chi connectivity index (χ2v) is 5.99. The summed E-state index contributed by atoms with van der Waals surface area (Å²) in [7, 11) is 1.27. The molecule has 0 saturated carbocycles. The summed E-state index contributed by atoms with van der Waals surface area (Å²) in [5.41, 5.74) is 0.933. The van der Waals surface area contributed by atoms with E-state index in [0.29, 0.717) is 6.42 Å². The molecule has 2 atom stereocenters. The van der Waals surface area contributed by atoms with Crippen molar-refractivity contribution in [3.8, 4) is 0 Å². The van der Waals surface area contributed by atoms with Crippen molar-refractivity contribution in [2.24, 2.45) is 0 Å². The number of cyclic esters (lactones) is 1. The van der Waals surface area contributed by atoms with Crippen molar-refractivity contribution in [1.82, 2.24) is 0 Å². The molecule has 0 unspecified atom stereocenters. The lowest BCUT2D eigenvalue weighted by atomic mass is 9.64. The smallest absolute Gasteiger partial charge is 0.373 e. The van der Waals surface area contributed by atoms with Crippen LogP contribution in [0.5, 0.6) is 0 Å².